The Morgan fingerprint density at radius 3 is 2.50 bits per heavy atom. The molecule has 0 saturated heterocycles. The molecule has 1 aliphatic rings. The first-order valence-corrected chi connectivity index (χ1v) is 9.82. The summed E-state index contributed by atoms with van der Waals surface area (Å²) in [6.45, 7) is 0. The van der Waals surface area contributed by atoms with Crippen LogP contribution in [0.1, 0.15) is 39.4 Å². The molecule has 1 amide bonds. The third-order valence-electron chi connectivity index (χ3n) is 5.63. The maximum absolute atomic E-state index is 13.0. The van der Waals surface area contributed by atoms with Crippen molar-refractivity contribution in [3.63, 3.8) is 0 Å². The number of fused-ring (bicyclic) bond motifs is 1. The second-order valence-corrected chi connectivity index (χ2v) is 7.31. The van der Waals surface area contributed by atoms with Gasteiger partial charge in [-0.05, 0) is 48.1 Å². The number of aryl methyl sites for hydroxylation is 1. The van der Waals surface area contributed by atoms with Gasteiger partial charge in [-0.2, -0.15) is 0 Å². The summed E-state index contributed by atoms with van der Waals surface area (Å²) in [7, 11) is 1.60. The number of methoxy groups -OCH3 is 1. The van der Waals surface area contributed by atoms with Crippen LogP contribution in [0.3, 0.4) is 0 Å². The number of amides is 1. The van der Waals surface area contributed by atoms with Crippen molar-refractivity contribution in [1.29, 1.82) is 0 Å². The Kier molecular flexibility index (Phi) is 5.43. The Hall–Kier alpha value is -3.07. The molecule has 3 nitrogen and oxygen atoms in total. The van der Waals surface area contributed by atoms with Gasteiger partial charge in [0.2, 0.25) is 0 Å². The van der Waals surface area contributed by atoms with Crippen LogP contribution in [-0.4, -0.2) is 19.1 Å². The van der Waals surface area contributed by atoms with Gasteiger partial charge in [-0.1, -0.05) is 66.7 Å². The summed E-state index contributed by atoms with van der Waals surface area (Å²) in [5.41, 5.74) is 4.62. The van der Waals surface area contributed by atoms with Crippen molar-refractivity contribution in [3.8, 4) is 5.75 Å². The van der Waals surface area contributed by atoms with E-state index < -0.39 is 0 Å². The SMILES string of the molecule is COc1ccccc1C(=O)NC1CCc2ccccc2C1Cc1ccccc1. The van der Waals surface area contributed by atoms with Crippen LogP contribution in [-0.2, 0) is 12.8 Å². The van der Waals surface area contributed by atoms with Crippen molar-refractivity contribution in [3.05, 3.63) is 101 Å². The molecule has 0 aliphatic heterocycles. The molecule has 142 valence electrons. The number of carbonyl (C=O) groups excluding carboxylic acids is 1. The Labute approximate surface area is 166 Å². The Balaban J connectivity index is 1.62. The van der Waals surface area contributed by atoms with Crippen LogP contribution in [0.4, 0.5) is 0 Å². The predicted octanol–water partition coefficient (Wildman–Crippen LogP) is 4.77. The van der Waals surface area contributed by atoms with Gasteiger partial charge >= 0.3 is 0 Å². The molecular weight excluding hydrogens is 346 g/mol. The number of rotatable bonds is 5. The Morgan fingerprint density at radius 1 is 0.964 bits per heavy atom. The van der Waals surface area contributed by atoms with Gasteiger partial charge in [-0.25, -0.2) is 0 Å². The number of nitrogens with one attached hydrogen (secondary N) is 1. The number of para-hydroxylation sites is 1. The van der Waals surface area contributed by atoms with Crippen LogP contribution in [0.25, 0.3) is 0 Å². The zero-order valence-corrected chi connectivity index (χ0v) is 16.1. The maximum Gasteiger partial charge on any atom is 0.255 e. The minimum Gasteiger partial charge on any atom is -0.496 e. The summed E-state index contributed by atoms with van der Waals surface area (Å²) >= 11 is 0. The zero-order chi connectivity index (χ0) is 19.3. The number of carbonyl (C=O) groups is 1. The van der Waals surface area contributed by atoms with Crippen LogP contribution in [0.5, 0.6) is 5.75 Å². The first kappa shape index (κ1) is 18.3. The molecule has 3 heteroatoms. The van der Waals surface area contributed by atoms with E-state index >= 15 is 0 Å². The Morgan fingerprint density at radius 2 is 1.68 bits per heavy atom. The summed E-state index contributed by atoms with van der Waals surface area (Å²) in [5.74, 6) is 0.793. The van der Waals surface area contributed by atoms with E-state index in [1.807, 2.05) is 30.3 Å². The van der Waals surface area contributed by atoms with Gasteiger partial charge < -0.3 is 10.1 Å². The van der Waals surface area contributed by atoms with Crippen molar-refractivity contribution in [2.24, 2.45) is 0 Å². The van der Waals surface area contributed by atoms with E-state index in [0.717, 1.165) is 19.3 Å². The van der Waals surface area contributed by atoms with Crippen LogP contribution in [0.2, 0.25) is 0 Å². The van der Waals surface area contributed by atoms with Gasteiger partial charge in [0.25, 0.3) is 5.91 Å². The molecule has 2 unspecified atom stereocenters. The lowest BCUT2D eigenvalue weighted by Gasteiger charge is -2.34. The van der Waals surface area contributed by atoms with E-state index in [4.69, 9.17) is 4.74 Å². The van der Waals surface area contributed by atoms with Crippen LogP contribution in [0, 0.1) is 0 Å². The fraction of sp³-hybridized carbons (Fsp3) is 0.240. The molecule has 4 rings (SSSR count). The van der Waals surface area contributed by atoms with E-state index in [9.17, 15) is 4.79 Å². The highest BCUT2D eigenvalue weighted by molar-refractivity contribution is 5.97. The average Bonchev–Trinajstić information content (AvgIpc) is 2.76. The predicted molar refractivity (Wildman–Crippen MR) is 112 cm³/mol. The third kappa shape index (κ3) is 3.79. The fourth-order valence-electron chi connectivity index (χ4n) is 4.22. The van der Waals surface area contributed by atoms with E-state index in [1.54, 1.807) is 7.11 Å². The van der Waals surface area contributed by atoms with E-state index in [1.165, 1.54) is 16.7 Å². The van der Waals surface area contributed by atoms with Gasteiger partial charge in [-0.3, -0.25) is 4.79 Å². The van der Waals surface area contributed by atoms with Crippen molar-refractivity contribution in [2.75, 3.05) is 7.11 Å². The lowest BCUT2D eigenvalue weighted by Crippen LogP contribution is -2.42. The van der Waals surface area contributed by atoms with Gasteiger partial charge in [-0.15, -0.1) is 0 Å². The highest BCUT2D eigenvalue weighted by Gasteiger charge is 2.31. The summed E-state index contributed by atoms with van der Waals surface area (Å²) in [6.07, 6.45) is 2.84. The average molecular weight is 371 g/mol. The van der Waals surface area contributed by atoms with Crippen molar-refractivity contribution < 1.29 is 9.53 Å². The topological polar surface area (TPSA) is 38.3 Å². The highest BCUT2D eigenvalue weighted by Crippen LogP contribution is 2.35. The number of benzene rings is 3. The van der Waals surface area contributed by atoms with E-state index in [-0.39, 0.29) is 17.9 Å². The minimum absolute atomic E-state index is 0.0695. The van der Waals surface area contributed by atoms with Gasteiger partial charge in [0.15, 0.2) is 0 Å². The van der Waals surface area contributed by atoms with E-state index in [0.29, 0.717) is 11.3 Å². The fourth-order valence-corrected chi connectivity index (χ4v) is 4.22. The van der Waals surface area contributed by atoms with Gasteiger partial charge in [0.1, 0.15) is 5.75 Å². The first-order chi connectivity index (χ1) is 13.8. The van der Waals surface area contributed by atoms with Gasteiger partial charge in [0, 0.05) is 12.0 Å². The second kappa shape index (κ2) is 8.30. The molecule has 0 fully saturated rings. The number of ether oxygens (including phenoxy) is 1. The van der Waals surface area contributed by atoms with Crippen molar-refractivity contribution in [1.82, 2.24) is 5.32 Å². The van der Waals surface area contributed by atoms with Crippen molar-refractivity contribution >= 4 is 5.91 Å². The summed E-state index contributed by atoms with van der Waals surface area (Å²) in [5, 5.41) is 3.30. The lowest BCUT2D eigenvalue weighted by molar-refractivity contribution is 0.0923. The maximum atomic E-state index is 13.0. The molecule has 0 radical (unpaired) electrons. The highest BCUT2D eigenvalue weighted by atomic mass is 16.5. The number of hydrogen-bond donors (Lipinski definition) is 1. The molecule has 0 aromatic heterocycles. The Bertz CT molecular complexity index is 952. The molecule has 0 spiro atoms. The normalized spacial score (nSPS) is 18.2. The molecule has 3 aromatic carbocycles. The van der Waals surface area contributed by atoms with Gasteiger partial charge in [0.05, 0.1) is 12.7 Å². The molecule has 28 heavy (non-hydrogen) atoms. The smallest absolute Gasteiger partial charge is 0.255 e. The van der Waals surface area contributed by atoms with Crippen LogP contribution < -0.4 is 10.1 Å². The molecule has 0 saturated carbocycles. The first-order valence-electron chi connectivity index (χ1n) is 9.82. The molecule has 1 aliphatic carbocycles. The molecule has 0 heterocycles. The molecule has 0 bridgehead atoms. The minimum atomic E-state index is -0.0695. The molecular formula is C25H25NO2. The summed E-state index contributed by atoms with van der Waals surface area (Å²) < 4.78 is 5.37. The monoisotopic (exact) mass is 371 g/mol. The quantitative estimate of drug-likeness (QED) is 0.702. The third-order valence-corrected chi connectivity index (χ3v) is 5.63. The second-order valence-electron chi connectivity index (χ2n) is 7.31. The van der Waals surface area contributed by atoms with Crippen LogP contribution >= 0.6 is 0 Å². The summed E-state index contributed by atoms with van der Waals surface area (Å²) in [6, 6.07) is 26.6. The standard InChI is InChI=1S/C25H25NO2/c1-28-24-14-8-7-13-21(24)25(27)26-23-16-15-19-11-5-6-12-20(19)22(23)17-18-9-3-2-4-10-18/h2-14,22-23H,15-17H2,1H3,(H,26,27). The number of hydrogen-bond acceptors (Lipinski definition) is 2. The molecule has 3 aromatic rings. The lowest BCUT2D eigenvalue weighted by atomic mass is 9.76. The van der Waals surface area contributed by atoms with E-state index in [2.05, 4.69) is 53.8 Å². The van der Waals surface area contributed by atoms with Crippen LogP contribution in [0.15, 0.2) is 78.9 Å². The molecule has 1 N–H and O–H groups in total. The summed E-state index contributed by atoms with van der Waals surface area (Å²) in [4.78, 5) is 13.0. The largest absolute Gasteiger partial charge is 0.496 e. The zero-order valence-electron chi connectivity index (χ0n) is 16.1. The van der Waals surface area contributed by atoms with Crippen molar-refractivity contribution in [2.45, 2.75) is 31.2 Å². The molecule has 2 atom stereocenters.